The smallest absolute Gasteiger partial charge is 0.133 e. The fourth-order valence-corrected chi connectivity index (χ4v) is 3.40. The minimum atomic E-state index is 0. The van der Waals surface area contributed by atoms with Gasteiger partial charge in [-0.2, -0.15) is 0 Å². The molecule has 0 saturated carbocycles. The van der Waals surface area contributed by atoms with Gasteiger partial charge in [-0.15, -0.1) is 12.4 Å². The zero-order valence-electron chi connectivity index (χ0n) is 13.1. The van der Waals surface area contributed by atoms with Crippen molar-refractivity contribution in [2.75, 3.05) is 19.7 Å². The Hall–Kier alpha value is -1.03. The standard InChI is InChI=1S/C19H22BrNO.ClH/c20-18-13-17(12-15-4-2-1-3-5-15)6-7-19(18)22-14-16-8-10-21-11-9-16;/h1-7,13,16,21H,8-12,14H2;1H. The molecule has 1 heterocycles. The van der Waals surface area contributed by atoms with Crippen molar-refractivity contribution < 1.29 is 4.74 Å². The maximum Gasteiger partial charge on any atom is 0.133 e. The van der Waals surface area contributed by atoms with Crippen molar-refractivity contribution in [2.45, 2.75) is 19.3 Å². The molecule has 0 radical (unpaired) electrons. The van der Waals surface area contributed by atoms with Gasteiger partial charge in [0.2, 0.25) is 0 Å². The Kier molecular flexibility index (Phi) is 7.41. The zero-order valence-corrected chi connectivity index (χ0v) is 15.5. The van der Waals surface area contributed by atoms with Crippen LogP contribution in [-0.2, 0) is 6.42 Å². The maximum absolute atomic E-state index is 6.01. The number of rotatable bonds is 5. The molecule has 1 aliphatic heterocycles. The van der Waals surface area contributed by atoms with Crippen molar-refractivity contribution in [3.8, 4) is 5.75 Å². The van der Waals surface area contributed by atoms with E-state index in [0.29, 0.717) is 5.92 Å². The Labute approximate surface area is 153 Å². The van der Waals surface area contributed by atoms with Gasteiger partial charge in [0.25, 0.3) is 0 Å². The summed E-state index contributed by atoms with van der Waals surface area (Å²) in [5, 5.41) is 3.39. The van der Waals surface area contributed by atoms with Crippen molar-refractivity contribution in [1.29, 1.82) is 0 Å². The molecule has 1 aliphatic rings. The molecule has 2 aromatic rings. The highest BCUT2D eigenvalue weighted by Gasteiger charge is 2.14. The largest absolute Gasteiger partial charge is 0.492 e. The van der Waals surface area contributed by atoms with Gasteiger partial charge in [-0.3, -0.25) is 0 Å². The highest BCUT2D eigenvalue weighted by molar-refractivity contribution is 9.10. The topological polar surface area (TPSA) is 21.3 Å². The van der Waals surface area contributed by atoms with E-state index in [4.69, 9.17) is 4.74 Å². The minimum absolute atomic E-state index is 0. The molecule has 0 unspecified atom stereocenters. The number of benzene rings is 2. The lowest BCUT2D eigenvalue weighted by Gasteiger charge is -2.23. The molecule has 1 fully saturated rings. The fraction of sp³-hybridized carbons (Fsp3) is 0.368. The van der Waals surface area contributed by atoms with Crippen molar-refractivity contribution in [3.63, 3.8) is 0 Å². The molecule has 2 aromatic carbocycles. The van der Waals surface area contributed by atoms with Crippen LogP contribution in [0.5, 0.6) is 5.75 Å². The number of nitrogens with one attached hydrogen (secondary N) is 1. The van der Waals surface area contributed by atoms with Crippen LogP contribution in [0.3, 0.4) is 0 Å². The van der Waals surface area contributed by atoms with E-state index in [9.17, 15) is 0 Å². The molecule has 0 amide bonds. The molecule has 0 spiro atoms. The third kappa shape index (κ3) is 5.52. The van der Waals surface area contributed by atoms with Gasteiger partial charge < -0.3 is 10.1 Å². The lowest BCUT2D eigenvalue weighted by Crippen LogP contribution is -2.30. The first kappa shape index (κ1) is 18.3. The monoisotopic (exact) mass is 395 g/mol. The average molecular weight is 397 g/mol. The van der Waals surface area contributed by atoms with E-state index in [2.05, 4.69) is 69.8 Å². The Morgan fingerprint density at radius 2 is 1.74 bits per heavy atom. The Bertz CT molecular complexity index is 600. The molecule has 3 rings (SSSR count). The fourth-order valence-electron chi connectivity index (χ4n) is 2.86. The van der Waals surface area contributed by atoms with Crippen LogP contribution >= 0.6 is 28.3 Å². The van der Waals surface area contributed by atoms with E-state index in [1.54, 1.807) is 0 Å². The van der Waals surface area contributed by atoms with Crippen LogP contribution in [0.15, 0.2) is 53.0 Å². The summed E-state index contributed by atoms with van der Waals surface area (Å²) in [4.78, 5) is 0. The first-order valence-electron chi connectivity index (χ1n) is 7.97. The molecule has 2 nitrogen and oxygen atoms in total. The lowest BCUT2D eigenvalue weighted by molar-refractivity contribution is 0.214. The number of ether oxygens (including phenoxy) is 1. The van der Waals surface area contributed by atoms with Gasteiger partial charge in [0.1, 0.15) is 5.75 Å². The second-order valence-electron chi connectivity index (χ2n) is 5.93. The average Bonchev–Trinajstić information content (AvgIpc) is 2.56. The lowest BCUT2D eigenvalue weighted by atomic mass is 9.99. The zero-order chi connectivity index (χ0) is 15.2. The Morgan fingerprint density at radius 3 is 2.43 bits per heavy atom. The van der Waals surface area contributed by atoms with Gasteiger partial charge >= 0.3 is 0 Å². The van der Waals surface area contributed by atoms with E-state index in [-0.39, 0.29) is 12.4 Å². The van der Waals surface area contributed by atoms with Gasteiger partial charge in [-0.1, -0.05) is 36.4 Å². The van der Waals surface area contributed by atoms with Crippen LogP contribution < -0.4 is 10.1 Å². The van der Waals surface area contributed by atoms with Crippen molar-refractivity contribution in [1.82, 2.24) is 5.32 Å². The van der Waals surface area contributed by atoms with Crippen LogP contribution in [-0.4, -0.2) is 19.7 Å². The van der Waals surface area contributed by atoms with Gasteiger partial charge in [0.15, 0.2) is 0 Å². The van der Waals surface area contributed by atoms with E-state index < -0.39 is 0 Å². The quantitative estimate of drug-likeness (QED) is 0.781. The predicted octanol–water partition coefficient (Wildman–Crippen LogP) is 4.84. The molecular formula is C19H23BrClNO. The highest BCUT2D eigenvalue weighted by atomic mass is 79.9. The summed E-state index contributed by atoms with van der Waals surface area (Å²) in [6, 6.07) is 17.0. The highest BCUT2D eigenvalue weighted by Crippen LogP contribution is 2.28. The second-order valence-corrected chi connectivity index (χ2v) is 6.79. The normalized spacial score (nSPS) is 15.0. The summed E-state index contributed by atoms with van der Waals surface area (Å²) in [5.74, 6) is 1.63. The van der Waals surface area contributed by atoms with Crippen LogP contribution in [0.4, 0.5) is 0 Å². The van der Waals surface area contributed by atoms with E-state index in [0.717, 1.165) is 36.3 Å². The molecule has 1 N–H and O–H groups in total. The summed E-state index contributed by atoms with van der Waals surface area (Å²) < 4.78 is 7.06. The predicted molar refractivity (Wildman–Crippen MR) is 102 cm³/mol. The van der Waals surface area contributed by atoms with Crippen molar-refractivity contribution >= 4 is 28.3 Å². The van der Waals surface area contributed by atoms with Crippen molar-refractivity contribution in [3.05, 3.63) is 64.1 Å². The van der Waals surface area contributed by atoms with E-state index in [1.807, 2.05) is 0 Å². The molecular weight excluding hydrogens is 374 g/mol. The van der Waals surface area contributed by atoms with Gasteiger partial charge in [0, 0.05) is 0 Å². The molecule has 4 heteroatoms. The minimum Gasteiger partial charge on any atom is -0.492 e. The molecule has 0 aromatic heterocycles. The molecule has 0 atom stereocenters. The first-order valence-corrected chi connectivity index (χ1v) is 8.76. The number of hydrogen-bond acceptors (Lipinski definition) is 2. The third-order valence-corrected chi connectivity index (χ3v) is 4.80. The van der Waals surface area contributed by atoms with Gasteiger partial charge in [0.05, 0.1) is 11.1 Å². The van der Waals surface area contributed by atoms with Crippen LogP contribution in [0, 0.1) is 5.92 Å². The first-order chi connectivity index (χ1) is 10.8. The summed E-state index contributed by atoms with van der Waals surface area (Å²) in [7, 11) is 0. The summed E-state index contributed by atoms with van der Waals surface area (Å²) in [6.07, 6.45) is 3.38. The summed E-state index contributed by atoms with van der Waals surface area (Å²) in [5.41, 5.74) is 2.63. The number of piperidine rings is 1. The third-order valence-electron chi connectivity index (χ3n) is 4.18. The van der Waals surface area contributed by atoms with Crippen molar-refractivity contribution in [2.24, 2.45) is 5.92 Å². The molecule has 124 valence electrons. The molecule has 23 heavy (non-hydrogen) atoms. The molecule has 0 aliphatic carbocycles. The number of halogens is 2. The Morgan fingerprint density at radius 1 is 1.00 bits per heavy atom. The molecule has 1 saturated heterocycles. The van der Waals surface area contributed by atoms with E-state index >= 15 is 0 Å². The van der Waals surface area contributed by atoms with Crippen LogP contribution in [0.2, 0.25) is 0 Å². The number of hydrogen-bond donors (Lipinski definition) is 1. The maximum atomic E-state index is 6.01. The second kappa shape index (κ2) is 9.31. The van der Waals surface area contributed by atoms with Crippen LogP contribution in [0.1, 0.15) is 24.0 Å². The Balaban J connectivity index is 0.00000192. The SMILES string of the molecule is Brc1cc(Cc2ccccc2)ccc1OCC1CCNCC1.Cl. The van der Waals surface area contributed by atoms with E-state index in [1.165, 1.54) is 24.0 Å². The summed E-state index contributed by atoms with van der Waals surface area (Å²) >= 11 is 3.65. The summed E-state index contributed by atoms with van der Waals surface area (Å²) in [6.45, 7) is 3.05. The molecule has 0 bridgehead atoms. The van der Waals surface area contributed by atoms with Crippen LogP contribution in [0.25, 0.3) is 0 Å². The van der Waals surface area contributed by atoms with Gasteiger partial charge in [-0.25, -0.2) is 0 Å². The van der Waals surface area contributed by atoms with Gasteiger partial charge in [-0.05, 0) is 77.5 Å².